The van der Waals surface area contributed by atoms with Crippen LogP contribution in [0.15, 0.2) is 0 Å². The molecule has 1 heterocycles. The summed E-state index contributed by atoms with van der Waals surface area (Å²) in [5.41, 5.74) is 0. The van der Waals surface area contributed by atoms with E-state index in [1.807, 2.05) is 0 Å². The number of nitrogens with zero attached hydrogens (tertiary/aromatic N) is 1. The molecule has 104 valence electrons. The molecule has 0 aromatic carbocycles. The zero-order valence-corrected chi connectivity index (χ0v) is 9.66. The molecule has 8 heteroatoms. The molecule has 0 aromatic heterocycles. The number of amides is 1. The highest BCUT2D eigenvalue weighted by Crippen LogP contribution is 2.22. The van der Waals surface area contributed by atoms with E-state index in [9.17, 15) is 22.8 Å². The smallest absolute Gasteiger partial charge is 0.389 e. The summed E-state index contributed by atoms with van der Waals surface area (Å²) < 4.78 is 36.0. The number of carbonyl (C=O) groups excluding carboxylic acids is 1. The Bertz CT molecular complexity index is 320. The van der Waals surface area contributed by atoms with Crippen LogP contribution in [0.1, 0.15) is 19.3 Å². The second-order valence-corrected chi connectivity index (χ2v) is 4.16. The lowest BCUT2D eigenvalue weighted by molar-refractivity contribution is -0.144. The third-order valence-corrected chi connectivity index (χ3v) is 2.72. The summed E-state index contributed by atoms with van der Waals surface area (Å²) >= 11 is 0. The molecular formula is C10H15F3N2O3. The van der Waals surface area contributed by atoms with Crippen molar-refractivity contribution < 1.29 is 27.9 Å². The third kappa shape index (κ3) is 4.91. The first-order valence-corrected chi connectivity index (χ1v) is 5.60. The predicted molar refractivity (Wildman–Crippen MR) is 55.9 cm³/mol. The monoisotopic (exact) mass is 268 g/mol. The fraction of sp³-hybridized carbons (Fsp3) is 0.800. The maximum Gasteiger partial charge on any atom is 0.389 e. The Morgan fingerprint density at radius 3 is 2.72 bits per heavy atom. The van der Waals surface area contributed by atoms with E-state index in [4.69, 9.17) is 5.11 Å². The second-order valence-electron chi connectivity index (χ2n) is 4.16. The Balaban J connectivity index is 2.49. The van der Waals surface area contributed by atoms with Crippen molar-refractivity contribution in [2.45, 2.75) is 31.5 Å². The van der Waals surface area contributed by atoms with Gasteiger partial charge in [-0.1, -0.05) is 0 Å². The predicted octanol–water partition coefficient (Wildman–Crippen LogP) is 0.604. The van der Waals surface area contributed by atoms with Crippen LogP contribution in [0.2, 0.25) is 0 Å². The average molecular weight is 268 g/mol. The molecule has 0 radical (unpaired) electrons. The molecule has 0 spiro atoms. The summed E-state index contributed by atoms with van der Waals surface area (Å²) in [6.45, 7) is 0.785. The van der Waals surface area contributed by atoms with Crippen LogP contribution in [-0.4, -0.2) is 53.7 Å². The van der Waals surface area contributed by atoms with E-state index in [-0.39, 0.29) is 13.0 Å². The molecule has 1 saturated heterocycles. The number of hydrogen-bond acceptors (Lipinski definition) is 3. The molecule has 2 N–H and O–H groups in total. The van der Waals surface area contributed by atoms with Crippen molar-refractivity contribution in [3.63, 3.8) is 0 Å². The number of alkyl halides is 3. The van der Waals surface area contributed by atoms with Crippen LogP contribution in [0, 0.1) is 0 Å². The quantitative estimate of drug-likeness (QED) is 0.766. The SMILES string of the molecule is O=C(O)CC1C(=O)NCCN1CCCC(F)(F)F. The molecule has 5 nitrogen and oxygen atoms in total. The summed E-state index contributed by atoms with van der Waals surface area (Å²) in [5, 5.41) is 11.2. The molecule has 1 aliphatic heterocycles. The summed E-state index contributed by atoms with van der Waals surface area (Å²) in [6.07, 6.45) is -5.67. The maximum absolute atomic E-state index is 12.0. The Kier molecular flexibility index (Phi) is 4.94. The van der Waals surface area contributed by atoms with Crippen molar-refractivity contribution in [2.24, 2.45) is 0 Å². The van der Waals surface area contributed by atoms with Crippen molar-refractivity contribution in [1.82, 2.24) is 10.2 Å². The van der Waals surface area contributed by atoms with Crippen molar-refractivity contribution in [3.8, 4) is 0 Å². The van der Waals surface area contributed by atoms with Gasteiger partial charge in [0.25, 0.3) is 0 Å². The first-order chi connectivity index (χ1) is 8.29. The van der Waals surface area contributed by atoms with E-state index < -0.39 is 36.9 Å². The van der Waals surface area contributed by atoms with Crippen LogP contribution in [-0.2, 0) is 9.59 Å². The molecule has 1 rings (SSSR count). The van der Waals surface area contributed by atoms with Crippen molar-refractivity contribution in [2.75, 3.05) is 19.6 Å². The van der Waals surface area contributed by atoms with Crippen LogP contribution in [0.4, 0.5) is 13.2 Å². The van der Waals surface area contributed by atoms with Crippen LogP contribution in [0.3, 0.4) is 0 Å². The van der Waals surface area contributed by atoms with Crippen molar-refractivity contribution in [3.05, 3.63) is 0 Å². The minimum atomic E-state index is -4.22. The lowest BCUT2D eigenvalue weighted by atomic mass is 10.1. The Labute approximate surface area is 102 Å². The van der Waals surface area contributed by atoms with Gasteiger partial charge in [0.05, 0.1) is 12.5 Å². The van der Waals surface area contributed by atoms with Gasteiger partial charge in [-0.2, -0.15) is 13.2 Å². The Morgan fingerprint density at radius 1 is 1.50 bits per heavy atom. The van der Waals surface area contributed by atoms with E-state index >= 15 is 0 Å². The normalized spacial score (nSPS) is 21.7. The third-order valence-electron chi connectivity index (χ3n) is 2.72. The lowest BCUT2D eigenvalue weighted by Crippen LogP contribution is -2.56. The number of rotatable bonds is 5. The first kappa shape index (κ1) is 14.7. The van der Waals surface area contributed by atoms with Gasteiger partial charge in [-0.15, -0.1) is 0 Å². The number of carbonyl (C=O) groups is 2. The maximum atomic E-state index is 12.0. The minimum absolute atomic E-state index is 0.0743. The number of hydrogen-bond donors (Lipinski definition) is 2. The lowest BCUT2D eigenvalue weighted by Gasteiger charge is -2.34. The molecule has 0 bridgehead atoms. The molecular weight excluding hydrogens is 253 g/mol. The minimum Gasteiger partial charge on any atom is -0.481 e. The van der Waals surface area contributed by atoms with E-state index in [1.165, 1.54) is 4.90 Å². The zero-order valence-electron chi connectivity index (χ0n) is 9.66. The van der Waals surface area contributed by atoms with Crippen LogP contribution < -0.4 is 5.32 Å². The summed E-state index contributed by atoms with van der Waals surface area (Å²) in [6, 6.07) is -0.871. The molecule has 0 aliphatic carbocycles. The highest BCUT2D eigenvalue weighted by atomic mass is 19.4. The number of piperazine rings is 1. The number of carboxylic acid groups (broad SMARTS) is 1. The number of halogens is 3. The summed E-state index contributed by atoms with van der Waals surface area (Å²) in [4.78, 5) is 23.6. The van der Waals surface area contributed by atoms with Gasteiger partial charge in [-0.05, 0) is 13.0 Å². The average Bonchev–Trinajstić information content (AvgIpc) is 2.20. The Morgan fingerprint density at radius 2 is 2.17 bits per heavy atom. The van der Waals surface area contributed by atoms with E-state index in [1.54, 1.807) is 0 Å². The molecule has 0 saturated carbocycles. The standard InChI is InChI=1S/C10H15F3N2O3/c11-10(12,13)2-1-4-15-5-3-14-9(18)7(15)6-8(16)17/h7H,1-6H2,(H,14,18)(H,16,17). The van der Waals surface area contributed by atoms with Gasteiger partial charge in [0, 0.05) is 19.5 Å². The van der Waals surface area contributed by atoms with Gasteiger partial charge in [0.15, 0.2) is 0 Å². The second kappa shape index (κ2) is 6.03. The molecule has 18 heavy (non-hydrogen) atoms. The molecule has 1 atom stereocenters. The summed E-state index contributed by atoms with van der Waals surface area (Å²) in [7, 11) is 0. The van der Waals surface area contributed by atoms with Crippen LogP contribution >= 0.6 is 0 Å². The van der Waals surface area contributed by atoms with Gasteiger partial charge < -0.3 is 10.4 Å². The van der Waals surface area contributed by atoms with Gasteiger partial charge in [0.1, 0.15) is 0 Å². The van der Waals surface area contributed by atoms with Gasteiger partial charge in [-0.3, -0.25) is 14.5 Å². The van der Waals surface area contributed by atoms with Gasteiger partial charge >= 0.3 is 12.1 Å². The van der Waals surface area contributed by atoms with Gasteiger partial charge in [-0.25, -0.2) is 0 Å². The fourth-order valence-electron chi connectivity index (χ4n) is 1.90. The number of carboxylic acids is 1. The topological polar surface area (TPSA) is 69.6 Å². The Hall–Kier alpha value is -1.31. The van der Waals surface area contributed by atoms with Crippen LogP contribution in [0.5, 0.6) is 0 Å². The van der Waals surface area contributed by atoms with Gasteiger partial charge in [0.2, 0.25) is 5.91 Å². The van der Waals surface area contributed by atoms with Crippen LogP contribution in [0.25, 0.3) is 0 Å². The largest absolute Gasteiger partial charge is 0.481 e. The van der Waals surface area contributed by atoms with E-state index in [0.717, 1.165) is 0 Å². The molecule has 1 aliphatic rings. The number of aliphatic carboxylic acids is 1. The highest BCUT2D eigenvalue weighted by Gasteiger charge is 2.32. The zero-order chi connectivity index (χ0) is 13.8. The summed E-state index contributed by atoms with van der Waals surface area (Å²) in [5.74, 6) is -1.58. The molecule has 1 unspecified atom stereocenters. The molecule has 1 amide bonds. The molecule has 1 fully saturated rings. The number of nitrogens with one attached hydrogen (secondary N) is 1. The first-order valence-electron chi connectivity index (χ1n) is 5.60. The highest BCUT2D eigenvalue weighted by molar-refractivity contribution is 5.86. The van der Waals surface area contributed by atoms with Crippen molar-refractivity contribution >= 4 is 11.9 Å². The van der Waals surface area contributed by atoms with E-state index in [2.05, 4.69) is 5.32 Å². The molecule has 0 aromatic rings. The fourth-order valence-corrected chi connectivity index (χ4v) is 1.90. The van der Waals surface area contributed by atoms with Crippen molar-refractivity contribution in [1.29, 1.82) is 0 Å². The van der Waals surface area contributed by atoms with E-state index in [0.29, 0.717) is 13.1 Å².